The van der Waals surface area contributed by atoms with E-state index < -0.39 is 24.3 Å². The fourth-order valence-corrected chi connectivity index (χ4v) is 5.93. The molecule has 10 heteroatoms. The van der Waals surface area contributed by atoms with Gasteiger partial charge in [-0.15, -0.1) is 0 Å². The maximum atomic E-state index is 12.7. The summed E-state index contributed by atoms with van der Waals surface area (Å²) >= 11 is 0. The van der Waals surface area contributed by atoms with Gasteiger partial charge >= 0.3 is 12.0 Å². The molecule has 3 aromatic carbocycles. The standard InChI is InChI=1S/C35H43N3O7/c1-23-31(21-38-17-16-29(40)20-38)44-34(45-32(23)27-12-10-26(22-39)11-13-27)28-14-8-25(9-15-28)19-36-35(42)37-30(33(41)43-2)18-24-6-4-3-5-7-24/h3-15,23,29-32,34,39-40H,16-22H2,1-2H3,(H2,36,37,42)/t23-,29-,30-,31+,32+,34+/m0/s1. The van der Waals surface area contributed by atoms with E-state index in [-0.39, 0.29) is 37.4 Å². The van der Waals surface area contributed by atoms with Crippen molar-refractivity contribution < 1.29 is 34.0 Å². The molecule has 2 heterocycles. The Morgan fingerprint density at radius 1 is 0.956 bits per heavy atom. The van der Waals surface area contributed by atoms with Gasteiger partial charge in [0.1, 0.15) is 6.04 Å². The number of nitrogens with zero attached hydrogens (tertiary/aromatic N) is 1. The van der Waals surface area contributed by atoms with Gasteiger partial charge in [0.2, 0.25) is 0 Å². The first-order valence-corrected chi connectivity index (χ1v) is 15.5. The smallest absolute Gasteiger partial charge is 0.328 e. The summed E-state index contributed by atoms with van der Waals surface area (Å²) in [5.41, 5.74) is 4.49. The maximum absolute atomic E-state index is 12.7. The van der Waals surface area contributed by atoms with Gasteiger partial charge in [0.05, 0.1) is 32.0 Å². The van der Waals surface area contributed by atoms with Crippen LogP contribution < -0.4 is 10.6 Å². The number of ether oxygens (including phenoxy) is 3. The topological polar surface area (TPSA) is 130 Å². The lowest BCUT2D eigenvalue weighted by atomic mass is 9.90. The monoisotopic (exact) mass is 617 g/mol. The van der Waals surface area contributed by atoms with Gasteiger partial charge in [0.25, 0.3) is 0 Å². The van der Waals surface area contributed by atoms with Gasteiger partial charge in [-0.1, -0.05) is 85.8 Å². The summed E-state index contributed by atoms with van der Waals surface area (Å²) in [5.74, 6) is -0.460. The Labute approximate surface area is 264 Å². The number of esters is 1. The van der Waals surface area contributed by atoms with Crippen molar-refractivity contribution >= 4 is 12.0 Å². The summed E-state index contributed by atoms with van der Waals surface area (Å²) < 4.78 is 18.0. The molecule has 0 radical (unpaired) electrons. The Morgan fingerprint density at radius 3 is 2.29 bits per heavy atom. The van der Waals surface area contributed by atoms with Crippen molar-refractivity contribution in [3.63, 3.8) is 0 Å². The number of likely N-dealkylation sites (tertiary alicyclic amines) is 1. The number of rotatable bonds is 11. The molecule has 2 aliphatic rings. The van der Waals surface area contributed by atoms with Gasteiger partial charge in [-0.2, -0.15) is 0 Å². The summed E-state index contributed by atoms with van der Waals surface area (Å²) in [5, 5.41) is 25.1. The highest BCUT2D eigenvalue weighted by atomic mass is 16.7. The molecule has 4 N–H and O–H groups in total. The molecule has 0 aromatic heterocycles. The van der Waals surface area contributed by atoms with E-state index in [9.17, 15) is 19.8 Å². The summed E-state index contributed by atoms with van der Waals surface area (Å²) in [6.07, 6.45) is -0.182. The molecular weight excluding hydrogens is 574 g/mol. The minimum Gasteiger partial charge on any atom is -0.467 e. The molecule has 6 atom stereocenters. The second kappa shape index (κ2) is 15.5. The highest BCUT2D eigenvalue weighted by molar-refractivity contribution is 5.83. The number of aliphatic hydroxyl groups excluding tert-OH is 2. The fourth-order valence-electron chi connectivity index (χ4n) is 5.93. The van der Waals surface area contributed by atoms with Crippen LogP contribution >= 0.6 is 0 Å². The zero-order valence-electron chi connectivity index (χ0n) is 25.8. The van der Waals surface area contributed by atoms with E-state index in [1.165, 1.54) is 7.11 Å². The van der Waals surface area contributed by atoms with Gasteiger partial charge in [-0.3, -0.25) is 4.90 Å². The molecule has 240 valence electrons. The third-order valence-electron chi connectivity index (χ3n) is 8.59. The number of hydrogen-bond acceptors (Lipinski definition) is 8. The quantitative estimate of drug-likeness (QED) is 0.240. The molecule has 0 saturated carbocycles. The third-order valence-corrected chi connectivity index (χ3v) is 8.59. The fraction of sp³-hybridized carbons (Fsp3) is 0.429. The lowest BCUT2D eigenvalue weighted by molar-refractivity contribution is -0.276. The predicted octanol–water partition coefficient (Wildman–Crippen LogP) is 3.62. The van der Waals surface area contributed by atoms with E-state index in [1.54, 1.807) is 0 Å². The van der Waals surface area contributed by atoms with E-state index in [4.69, 9.17) is 14.2 Å². The minimum atomic E-state index is -0.813. The average Bonchev–Trinajstić information content (AvgIpc) is 3.49. The van der Waals surface area contributed by atoms with Crippen LogP contribution in [-0.2, 0) is 38.6 Å². The van der Waals surface area contributed by atoms with Gasteiger partial charge in [0.15, 0.2) is 6.29 Å². The van der Waals surface area contributed by atoms with E-state index in [0.29, 0.717) is 19.5 Å². The lowest BCUT2D eigenvalue weighted by Gasteiger charge is -2.42. The van der Waals surface area contributed by atoms with E-state index in [0.717, 1.165) is 40.8 Å². The Hall–Kier alpha value is -3.80. The van der Waals surface area contributed by atoms with E-state index in [1.807, 2.05) is 78.9 Å². The zero-order valence-corrected chi connectivity index (χ0v) is 25.8. The van der Waals surface area contributed by atoms with Crippen LogP contribution in [0, 0.1) is 5.92 Å². The molecular formula is C35H43N3O7. The third kappa shape index (κ3) is 8.68. The van der Waals surface area contributed by atoms with Crippen molar-refractivity contribution in [2.24, 2.45) is 5.92 Å². The Bertz CT molecular complexity index is 1390. The molecule has 0 bridgehead atoms. The number of β-amino-alcohol motifs (C(OH)–C–C–N with tert-alkyl or cyclic N) is 1. The molecule has 2 aliphatic heterocycles. The van der Waals surface area contributed by atoms with Crippen LogP contribution in [-0.4, -0.2) is 72.1 Å². The summed E-state index contributed by atoms with van der Waals surface area (Å²) in [6, 6.07) is 23.7. The van der Waals surface area contributed by atoms with E-state index >= 15 is 0 Å². The van der Waals surface area contributed by atoms with Crippen LogP contribution in [0.15, 0.2) is 78.9 Å². The van der Waals surface area contributed by atoms with Crippen molar-refractivity contribution in [2.75, 3.05) is 26.7 Å². The second-order valence-corrected chi connectivity index (χ2v) is 11.9. The maximum Gasteiger partial charge on any atom is 0.328 e. The largest absolute Gasteiger partial charge is 0.467 e. The zero-order chi connectivity index (χ0) is 31.8. The first-order chi connectivity index (χ1) is 21.8. The number of urea groups is 1. The number of aliphatic hydroxyl groups is 2. The van der Waals surface area contributed by atoms with E-state index in [2.05, 4.69) is 22.5 Å². The van der Waals surface area contributed by atoms with Crippen LogP contribution in [0.1, 0.15) is 53.6 Å². The van der Waals surface area contributed by atoms with Gasteiger partial charge < -0.3 is 35.1 Å². The molecule has 10 nitrogen and oxygen atoms in total. The summed E-state index contributed by atoms with van der Waals surface area (Å²) in [7, 11) is 1.30. The SMILES string of the molecule is COC(=O)[C@H](Cc1ccccc1)NC(=O)NCc1ccc([C@@H]2O[C@H](CN3CC[C@H](O)C3)[C@H](C)[C@H](c3ccc(CO)cc3)O2)cc1. The number of carbonyl (C=O) groups is 2. The van der Waals surface area contributed by atoms with Gasteiger partial charge in [-0.05, 0) is 28.7 Å². The molecule has 0 unspecified atom stereocenters. The summed E-state index contributed by atoms with van der Waals surface area (Å²) in [4.78, 5) is 27.2. The van der Waals surface area contributed by atoms with Crippen molar-refractivity contribution in [3.8, 4) is 0 Å². The highest BCUT2D eigenvalue weighted by Gasteiger charge is 2.39. The van der Waals surface area contributed by atoms with Gasteiger partial charge in [0, 0.05) is 44.1 Å². The minimum absolute atomic E-state index is 0.0184. The molecule has 2 saturated heterocycles. The van der Waals surface area contributed by atoms with Crippen molar-refractivity contribution in [2.45, 2.75) is 63.6 Å². The number of amides is 2. The average molecular weight is 618 g/mol. The normalized spacial score (nSPS) is 24.1. The number of carbonyl (C=O) groups excluding carboxylic acids is 2. The molecule has 2 amide bonds. The van der Waals surface area contributed by atoms with Crippen molar-refractivity contribution in [1.29, 1.82) is 0 Å². The molecule has 2 fully saturated rings. The highest BCUT2D eigenvalue weighted by Crippen LogP contribution is 2.42. The van der Waals surface area contributed by atoms with Crippen molar-refractivity contribution in [1.82, 2.24) is 15.5 Å². The number of methoxy groups -OCH3 is 1. The Balaban J connectivity index is 1.23. The number of benzene rings is 3. The predicted molar refractivity (Wildman–Crippen MR) is 168 cm³/mol. The number of hydrogen-bond donors (Lipinski definition) is 4. The second-order valence-electron chi connectivity index (χ2n) is 11.9. The lowest BCUT2D eigenvalue weighted by Crippen LogP contribution is -2.47. The first kappa shape index (κ1) is 32.6. The Morgan fingerprint density at radius 2 is 1.64 bits per heavy atom. The Kier molecular flexibility index (Phi) is 11.2. The molecule has 3 aromatic rings. The molecule has 45 heavy (non-hydrogen) atoms. The van der Waals surface area contributed by atoms with Crippen LogP contribution in [0.2, 0.25) is 0 Å². The van der Waals surface area contributed by atoms with Crippen molar-refractivity contribution in [3.05, 3.63) is 107 Å². The molecule has 0 spiro atoms. The number of nitrogens with one attached hydrogen (secondary N) is 2. The molecule has 5 rings (SSSR count). The summed E-state index contributed by atoms with van der Waals surface area (Å²) in [6.45, 7) is 4.52. The molecule has 0 aliphatic carbocycles. The first-order valence-electron chi connectivity index (χ1n) is 15.5. The van der Waals surface area contributed by atoms with Crippen LogP contribution in [0.5, 0.6) is 0 Å². The van der Waals surface area contributed by atoms with Crippen LogP contribution in [0.25, 0.3) is 0 Å². The van der Waals surface area contributed by atoms with Crippen LogP contribution in [0.4, 0.5) is 4.79 Å². The van der Waals surface area contributed by atoms with Crippen LogP contribution in [0.3, 0.4) is 0 Å². The van der Waals surface area contributed by atoms with Gasteiger partial charge in [-0.25, -0.2) is 9.59 Å².